The van der Waals surface area contributed by atoms with E-state index in [0.29, 0.717) is 10.8 Å². The number of benzene rings is 2. The Labute approximate surface area is 125 Å². The Bertz CT molecular complexity index is 629. The van der Waals surface area contributed by atoms with Crippen molar-refractivity contribution in [3.63, 3.8) is 0 Å². The smallest absolute Gasteiger partial charge is 0.416 e. The number of rotatable bonds is 4. The molecule has 0 spiro atoms. The van der Waals surface area contributed by atoms with Crippen LogP contribution in [0.3, 0.4) is 0 Å². The first-order valence-corrected chi connectivity index (χ1v) is 6.61. The fourth-order valence-electron chi connectivity index (χ4n) is 1.92. The maximum absolute atomic E-state index is 13.0. The molecule has 0 fully saturated rings. The summed E-state index contributed by atoms with van der Waals surface area (Å²) in [5.74, 6) is 0.479. The van der Waals surface area contributed by atoms with E-state index in [2.05, 4.69) is 0 Å². The van der Waals surface area contributed by atoms with Gasteiger partial charge in [0.15, 0.2) is 0 Å². The van der Waals surface area contributed by atoms with E-state index in [4.69, 9.17) is 22.1 Å². The molecule has 2 aromatic rings. The van der Waals surface area contributed by atoms with E-state index in [1.54, 1.807) is 18.2 Å². The minimum Gasteiger partial charge on any atom is -0.457 e. The number of alkyl halides is 3. The molecule has 2 aromatic carbocycles. The third-order valence-corrected chi connectivity index (χ3v) is 3.07. The van der Waals surface area contributed by atoms with Gasteiger partial charge in [-0.3, -0.25) is 0 Å². The second-order valence-electron chi connectivity index (χ2n) is 4.41. The summed E-state index contributed by atoms with van der Waals surface area (Å²) >= 11 is 5.81. The van der Waals surface area contributed by atoms with Gasteiger partial charge in [0.1, 0.15) is 11.5 Å². The second-order valence-corrected chi connectivity index (χ2v) is 4.85. The third-order valence-electron chi connectivity index (χ3n) is 2.83. The molecule has 2 rings (SSSR count). The van der Waals surface area contributed by atoms with E-state index < -0.39 is 11.7 Å². The molecule has 0 aromatic heterocycles. The predicted molar refractivity (Wildman–Crippen MR) is 75.7 cm³/mol. The van der Waals surface area contributed by atoms with Crippen LogP contribution in [-0.4, -0.2) is 6.54 Å². The van der Waals surface area contributed by atoms with E-state index >= 15 is 0 Å². The Morgan fingerprint density at radius 3 is 2.38 bits per heavy atom. The molecule has 0 unspecified atom stereocenters. The summed E-state index contributed by atoms with van der Waals surface area (Å²) in [6.07, 6.45) is -4.29. The Morgan fingerprint density at radius 2 is 1.76 bits per heavy atom. The maximum Gasteiger partial charge on any atom is 0.416 e. The fraction of sp³-hybridized carbons (Fsp3) is 0.200. The third kappa shape index (κ3) is 4.12. The molecular formula is C15H13ClF3NO. The minimum absolute atomic E-state index is 0.102. The molecule has 0 bridgehead atoms. The highest BCUT2D eigenvalue weighted by atomic mass is 35.5. The van der Waals surface area contributed by atoms with Gasteiger partial charge in [-0.05, 0) is 48.9 Å². The van der Waals surface area contributed by atoms with Crippen molar-refractivity contribution in [1.82, 2.24) is 0 Å². The molecule has 2 N–H and O–H groups in total. The molecule has 0 amide bonds. The lowest BCUT2D eigenvalue weighted by molar-refractivity contribution is -0.138. The monoisotopic (exact) mass is 315 g/mol. The van der Waals surface area contributed by atoms with Gasteiger partial charge in [-0.15, -0.1) is 0 Å². The molecule has 0 heterocycles. The van der Waals surface area contributed by atoms with E-state index in [-0.39, 0.29) is 24.3 Å². The van der Waals surface area contributed by atoms with Crippen molar-refractivity contribution >= 4 is 11.6 Å². The van der Waals surface area contributed by atoms with E-state index in [0.717, 1.165) is 6.07 Å². The molecule has 112 valence electrons. The Balaban J connectivity index is 2.33. The molecule has 6 heteroatoms. The van der Waals surface area contributed by atoms with Crippen molar-refractivity contribution in [2.24, 2.45) is 5.73 Å². The van der Waals surface area contributed by atoms with Crippen molar-refractivity contribution in [2.75, 3.05) is 6.54 Å². The first-order valence-electron chi connectivity index (χ1n) is 6.24. The highest BCUT2D eigenvalue weighted by Crippen LogP contribution is 2.36. The first-order chi connectivity index (χ1) is 9.90. The molecule has 0 aliphatic heterocycles. The average molecular weight is 316 g/mol. The molecule has 2 nitrogen and oxygen atoms in total. The fourth-order valence-corrected chi connectivity index (χ4v) is 2.10. The van der Waals surface area contributed by atoms with Gasteiger partial charge in [-0.1, -0.05) is 23.7 Å². The van der Waals surface area contributed by atoms with Crippen LogP contribution in [-0.2, 0) is 12.6 Å². The van der Waals surface area contributed by atoms with Crippen LogP contribution in [0.5, 0.6) is 11.5 Å². The number of halogens is 4. The lowest BCUT2D eigenvalue weighted by Gasteiger charge is -2.14. The largest absolute Gasteiger partial charge is 0.457 e. The van der Waals surface area contributed by atoms with Gasteiger partial charge in [-0.2, -0.15) is 13.2 Å². The van der Waals surface area contributed by atoms with Crippen LogP contribution in [0.4, 0.5) is 13.2 Å². The van der Waals surface area contributed by atoms with E-state index in [9.17, 15) is 13.2 Å². The molecule has 0 aliphatic rings. The number of nitrogens with two attached hydrogens (primary N) is 1. The summed E-state index contributed by atoms with van der Waals surface area (Å²) in [6, 6.07) is 10.3. The summed E-state index contributed by atoms with van der Waals surface area (Å²) in [7, 11) is 0. The van der Waals surface area contributed by atoms with Gasteiger partial charge in [-0.25, -0.2) is 0 Å². The predicted octanol–water partition coefficient (Wildman–Crippen LogP) is 4.65. The van der Waals surface area contributed by atoms with Gasteiger partial charge < -0.3 is 10.5 Å². The van der Waals surface area contributed by atoms with Crippen LogP contribution in [0.15, 0.2) is 42.5 Å². The molecule has 0 atom stereocenters. The maximum atomic E-state index is 13.0. The highest BCUT2D eigenvalue weighted by Gasteiger charge is 2.33. The first kappa shape index (κ1) is 15.7. The number of ether oxygens (including phenoxy) is 1. The van der Waals surface area contributed by atoms with Crippen molar-refractivity contribution in [3.05, 3.63) is 58.6 Å². The van der Waals surface area contributed by atoms with Gasteiger partial charge >= 0.3 is 6.18 Å². The molecule has 0 aliphatic carbocycles. The quantitative estimate of drug-likeness (QED) is 0.891. The molecular weight excluding hydrogens is 303 g/mol. The van der Waals surface area contributed by atoms with Crippen LogP contribution in [0.2, 0.25) is 5.02 Å². The van der Waals surface area contributed by atoms with Crippen LogP contribution >= 0.6 is 11.6 Å². The van der Waals surface area contributed by atoms with Gasteiger partial charge in [0.2, 0.25) is 0 Å². The summed E-state index contributed by atoms with van der Waals surface area (Å²) in [6.45, 7) is 0.150. The molecule has 21 heavy (non-hydrogen) atoms. The number of hydrogen-bond acceptors (Lipinski definition) is 2. The van der Waals surface area contributed by atoms with Gasteiger partial charge in [0, 0.05) is 5.02 Å². The Morgan fingerprint density at radius 1 is 1.05 bits per heavy atom. The van der Waals surface area contributed by atoms with Crippen molar-refractivity contribution in [1.29, 1.82) is 0 Å². The van der Waals surface area contributed by atoms with Crippen LogP contribution in [0.25, 0.3) is 0 Å². The summed E-state index contributed by atoms with van der Waals surface area (Å²) < 4.78 is 44.5. The normalized spacial score (nSPS) is 11.5. The Kier molecular flexibility index (Phi) is 4.75. The lowest BCUT2D eigenvalue weighted by Crippen LogP contribution is -2.12. The van der Waals surface area contributed by atoms with E-state index in [1.807, 2.05) is 0 Å². The lowest BCUT2D eigenvalue weighted by atomic mass is 10.0. The zero-order valence-electron chi connectivity index (χ0n) is 11.0. The van der Waals surface area contributed by atoms with Gasteiger partial charge in [0.05, 0.1) is 5.56 Å². The number of hydrogen-bond donors (Lipinski definition) is 1. The standard InChI is InChI=1S/C15H13ClF3NO/c16-11-2-1-3-12(8-11)21-13-5-4-10(6-7-20)14(9-13)15(17,18)19/h1-5,8-9H,6-7,20H2. The molecule has 0 radical (unpaired) electrons. The molecule has 0 saturated carbocycles. The summed E-state index contributed by atoms with van der Waals surface area (Å²) in [4.78, 5) is 0. The van der Waals surface area contributed by atoms with Crippen molar-refractivity contribution in [3.8, 4) is 11.5 Å². The average Bonchev–Trinajstić information content (AvgIpc) is 2.39. The van der Waals surface area contributed by atoms with Crippen molar-refractivity contribution in [2.45, 2.75) is 12.6 Å². The molecule has 0 saturated heterocycles. The topological polar surface area (TPSA) is 35.2 Å². The van der Waals surface area contributed by atoms with Crippen LogP contribution in [0.1, 0.15) is 11.1 Å². The van der Waals surface area contributed by atoms with E-state index in [1.165, 1.54) is 18.2 Å². The SMILES string of the molecule is NCCc1ccc(Oc2cccc(Cl)c2)cc1C(F)(F)F. The zero-order chi connectivity index (χ0) is 15.5. The highest BCUT2D eigenvalue weighted by molar-refractivity contribution is 6.30. The summed E-state index contributed by atoms with van der Waals surface area (Å²) in [5.41, 5.74) is 4.76. The van der Waals surface area contributed by atoms with Gasteiger partial charge in [0.25, 0.3) is 0 Å². The second kappa shape index (κ2) is 6.37. The minimum atomic E-state index is -4.45. The van der Waals surface area contributed by atoms with Crippen molar-refractivity contribution < 1.29 is 17.9 Å². The zero-order valence-corrected chi connectivity index (χ0v) is 11.7. The Hall–Kier alpha value is -1.72. The van der Waals surface area contributed by atoms with Crippen LogP contribution in [0, 0.1) is 0 Å². The summed E-state index contributed by atoms with van der Waals surface area (Å²) in [5, 5.41) is 0.447. The van der Waals surface area contributed by atoms with Crippen LogP contribution < -0.4 is 10.5 Å².